The fourth-order valence-electron chi connectivity index (χ4n) is 1.49. The maximum Gasteiger partial charge on any atom is 0.186 e. The molecule has 1 aromatic heterocycles. The van der Waals surface area contributed by atoms with E-state index in [2.05, 4.69) is 4.98 Å². The summed E-state index contributed by atoms with van der Waals surface area (Å²) in [6.45, 7) is 1.82. The number of sulfone groups is 1. The molecule has 0 amide bonds. The van der Waals surface area contributed by atoms with Crippen LogP contribution in [0.15, 0.2) is 28.5 Å². The molecule has 0 radical (unpaired) electrons. The highest BCUT2D eigenvalue weighted by Crippen LogP contribution is 2.26. The third-order valence-corrected chi connectivity index (χ3v) is 5.35. The van der Waals surface area contributed by atoms with E-state index < -0.39 is 9.84 Å². The Bertz CT molecular complexity index is 680. The van der Waals surface area contributed by atoms with Gasteiger partial charge in [0, 0.05) is 16.1 Å². The number of halogens is 1. The van der Waals surface area contributed by atoms with E-state index in [1.54, 1.807) is 6.07 Å². The van der Waals surface area contributed by atoms with Crippen LogP contribution < -0.4 is 5.73 Å². The zero-order valence-electron chi connectivity index (χ0n) is 9.55. The van der Waals surface area contributed by atoms with Crippen molar-refractivity contribution in [3.8, 4) is 0 Å². The van der Waals surface area contributed by atoms with Gasteiger partial charge in [-0.15, -0.1) is 11.3 Å². The Kier molecular flexibility index (Phi) is 3.61. The lowest BCUT2D eigenvalue weighted by Crippen LogP contribution is -2.07. The molecule has 0 fully saturated rings. The predicted octanol–water partition coefficient (Wildman–Crippen LogP) is 2.66. The van der Waals surface area contributed by atoms with E-state index in [0.717, 1.165) is 5.69 Å². The van der Waals surface area contributed by atoms with Gasteiger partial charge in [-0.3, -0.25) is 0 Å². The smallest absolute Gasteiger partial charge is 0.186 e. The van der Waals surface area contributed by atoms with Crippen molar-refractivity contribution in [1.82, 2.24) is 4.98 Å². The summed E-state index contributed by atoms with van der Waals surface area (Å²) in [6, 6.07) is 4.42. The van der Waals surface area contributed by atoms with Gasteiger partial charge in [0.2, 0.25) is 0 Å². The highest BCUT2D eigenvalue weighted by Gasteiger charge is 2.20. The number of benzene rings is 1. The molecule has 0 aliphatic heterocycles. The molecule has 2 aromatic rings. The SMILES string of the molecule is Cc1csc(CS(=O)(=O)c2cc(Cl)ccc2N)n1. The number of anilines is 1. The van der Waals surface area contributed by atoms with Crippen LogP contribution in [0.5, 0.6) is 0 Å². The molecule has 18 heavy (non-hydrogen) atoms. The molecule has 0 bridgehead atoms. The molecule has 4 nitrogen and oxygen atoms in total. The first-order valence-electron chi connectivity index (χ1n) is 5.07. The Hall–Kier alpha value is -1.11. The van der Waals surface area contributed by atoms with Gasteiger partial charge in [0.15, 0.2) is 9.84 Å². The maximum absolute atomic E-state index is 12.2. The molecule has 0 saturated heterocycles. The van der Waals surface area contributed by atoms with Crippen molar-refractivity contribution in [2.75, 3.05) is 5.73 Å². The van der Waals surface area contributed by atoms with Crippen molar-refractivity contribution in [3.05, 3.63) is 39.3 Å². The molecule has 2 rings (SSSR count). The average Bonchev–Trinajstić information content (AvgIpc) is 2.66. The Morgan fingerprint density at radius 3 is 2.78 bits per heavy atom. The minimum Gasteiger partial charge on any atom is -0.398 e. The van der Waals surface area contributed by atoms with Crippen molar-refractivity contribution in [1.29, 1.82) is 0 Å². The quantitative estimate of drug-likeness (QED) is 0.885. The Labute approximate surface area is 114 Å². The highest BCUT2D eigenvalue weighted by atomic mass is 35.5. The predicted molar refractivity (Wildman–Crippen MR) is 73.6 cm³/mol. The van der Waals surface area contributed by atoms with Gasteiger partial charge in [0.05, 0.1) is 10.6 Å². The summed E-state index contributed by atoms with van der Waals surface area (Å²) in [5, 5.41) is 2.71. The van der Waals surface area contributed by atoms with Crippen LogP contribution in [0.25, 0.3) is 0 Å². The van der Waals surface area contributed by atoms with Gasteiger partial charge < -0.3 is 5.73 Å². The summed E-state index contributed by atoms with van der Waals surface area (Å²) < 4.78 is 24.4. The summed E-state index contributed by atoms with van der Waals surface area (Å²) in [4.78, 5) is 4.20. The first-order chi connectivity index (χ1) is 8.38. The van der Waals surface area contributed by atoms with E-state index in [4.69, 9.17) is 17.3 Å². The lowest BCUT2D eigenvalue weighted by atomic mass is 10.3. The second kappa shape index (κ2) is 4.87. The topological polar surface area (TPSA) is 73.0 Å². The molecule has 1 aromatic carbocycles. The molecule has 0 aliphatic rings. The number of hydrogen-bond donors (Lipinski definition) is 1. The maximum atomic E-state index is 12.2. The molecule has 0 saturated carbocycles. The normalized spacial score (nSPS) is 11.7. The van der Waals surface area contributed by atoms with Crippen molar-refractivity contribution in [3.63, 3.8) is 0 Å². The first-order valence-corrected chi connectivity index (χ1v) is 7.98. The highest BCUT2D eigenvalue weighted by molar-refractivity contribution is 7.91. The third-order valence-electron chi connectivity index (χ3n) is 2.29. The number of thiazole rings is 1. The second-order valence-corrected chi connectivity index (χ2v) is 7.16. The van der Waals surface area contributed by atoms with Gasteiger partial charge in [0.25, 0.3) is 0 Å². The van der Waals surface area contributed by atoms with Gasteiger partial charge in [0.1, 0.15) is 10.8 Å². The van der Waals surface area contributed by atoms with E-state index in [9.17, 15) is 8.42 Å². The van der Waals surface area contributed by atoms with E-state index in [1.807, 2.05) is 12.3 Å². The van der Waals surface area contributed by atoms with Crippen LogP contribution in [0.3, 0.4) is 0 Å². The molecule has 0 unspecified atom stereocenters. The number of nitrogen functional groups attached to an aromatic ring is 1. The molecular weight excluding hydrogens is 292 g/mol. The largest absolute Gasteiger partial charge is 0.398 e. The van der Waals surface area contributed by atoms with Gasteiger partial charge in [-0.25, -0.2) is 13.4 Å². The van der Waals surface area contributed by atoms with E-state index in [-0.39, 0.29) is 16.3 Å². The number of aryl methyl sites for hydroxylation is 1. The number of nitrogens with zero attached hydrogens (tertiary/aromatic N) is 1. The zero-order valence-corrected chi connectivity index (χ0v) is 11.9. The summed E-state index contributed by atoms with van der Waals surface area (Å²) in [6.07, 6.45) is 0. The van der Waals surface area contributed by atoms with E-state index >= 15 is 0 Å². The Balaban J connectivity index is 2.39. The number of rotatable bonds is 3. The summed E-state index contributed by atoms with van der Waals surface area (Å²) in [7, 11) is -3.51. The van der Waals surface area contributed by atoms with Crippen LogP contribution >= 0.6 is 22.9 Å². The lowest BCUT2D eigenvalue weighted by Gasteiger charge is -2.06. The number of aromatic nitrogens is 1. The molecule has 2 N–H and O–H groups in total. The summed E-state index contributed by atoms with van der Waals surface area (Å²) in [5.74, 6) is -0.157. The van der Waals surface area contributed by atoms with Crippen molar-refractivity contribution in [2.24, 2.45) is 0 Å². The van der Waals surface area contributed by atoms with Crippen LogP contribution in [-0.2, 0) is 15.6 Å². The van der Waals surface area contributed by atoms with Gasteiger partial charge in [-0.1, -0.05) is 11.6 Å². The van der Waals surface area contributed by atoms with Crippen LogP contribution in [0, 0.1) is 6.92 Å². The van der Waals surface area contributed by atoms with Crippen molar-refractivity contribution >= 4 is 38.5 Å². The Morgan fingerprint density at radius 2 is 2.17 bits per heavy atom. The van der Waals surface area contributed by atoms with Crippen LogP contribution in [-0.4, -0.2) is 13.4 Å². The molecule has 0 spiro atoms. The van der Waals surface area contributed by atoms with E-state index in [1.165, 1.54) is 23.5 Å². The van der Waals surface area contributed by atoms with Gasteiger partial charge in [-0.2, -0.15) is 0 Å². The van der Waals surface area contributed by atoms with E-state index in [0.29, 0.717) is 10.0 Å². The van der Waals surface area contributed by atoms with Crippen LogP contribution in [0.1, 0.15) is 10.7 Å². The van der Waals surface area contributed by atoms with Gasteiger partial charge >= 0.3 is 0 Å². The average molecular weight is 303 g/mol. The number of hydrogen-bond acceptors (Lipinski definition) is 5. The molecule has 1 heterocycles. The summed E-state index contributed by atoms with van der Waals surface area (Å²) >= 11 is 7.11. The standard InChI is InChI=1S/C11H11ClN2O2S2/c1-7-5-17-11(14-7)6-18(15,16)10-4-8(12)2-3-9(10)13/h2-5H,6,13H2,1H3. The molecule has 0 atom stereocenters. The molecule has 96 valence electrons. The molecular formula is C11H11ClN2O2S2. The van der Waals surface area contributed by atoms with Crippen LogP contribution in [0.2, 0.25) is 5.02 Å². The van der Waals surface area contributed by atoms with Crippen LogP contribution in [0.4, 0.5) is 5.69 Å². The molecule has 7 heteroatoms. The van der Waals surface area contributed by atoms with Gasteiger partial charge in [-0.05, 0) is 25.1 Å². The lowest BCUT2D eigenvalue weighted by molar-refractivity contribution is 0.595. The van der Waals surface area contributed by atoms with Crippen molar-refractivity contribution < 1.29 is 8.42 Å². The monoisotopic (exact) mass is 302 g/mol. The molecule has 0 aliphatic carbocycles. The second-order valence-electron chi connectivity index (χ2n) is 3.82. The fraction of sp³-hybridized carbons (Fsp3) is 0.182. The third kappa shape index (κ3) is 2.82. The Morgan fingerprint density at radius 1 is 1.44 bits per heavy atom. The minimum atomic E-state index is -3.51. The van der Waals surface area contributed by atoms with Crippen molar-refractivity contribution in [2.45, 2.75) is 17.6 Å². The first kappa shape index (κ1) is 13.3. The zero-order chi connectivity index (χ0) is 13.3. The minimum absolute atomic E-state index is 0.0582. The number of nitrogens with two attached hydrogens (primary N) is 1. The fourth-order valence-corrected chi connectivity index (χ4v) is 4.30. The summed E-state index contributed by atoms with van der Waals surface area (Å²) in [5.41, 5.74) is 6.69.